The molecule has 0 spiro atoms. The Morgan fingerprint density at radius 2 is 1.90 bits per heavy atom. The largest absolute Gasteiger partial charge is 0.444 e. The highest BCUT2D eigenvalue weighted by atomic mass is 127. The van der Waals surface area contributed by atoms with Gasteiger partial charge in [-0.05, 0) is 46.5 Å². The van der Waals surface area contributed by atoms with E-state index in [1.165, 1.54) is 0 Å². The summed E-state index contributed by atoms with van der Waals surface area (Å²) >= 11 is 0. The van der Waals surface area contributed by atoms with Gasteiger partial charge in [-0.15, -0.1) is 24.0 Å². The maximum absolute atomic E-state index is 12.2. The van der Waals surface area contributed by atoms with Gasteiger partial charge < -0.3 is 30.2 Å². The van der Waals surface area contributed by atoms with E-state index in [-0.39, 0.29) is 30.1 Å². The summed E-state index contributed by atoms with van der Waals surface area (Å²) in [6, 6.07) is 0. The van der Waals surface area contributed by atoms with Gasteiger partial charge in [0.25, 0.3) is 0 Å². The Hall–Kier alpha value is -0.810. The molecule has 0 saturated carbocycles. The molecule has 0 aromatic carbocycles. The summed E-state index contributed by atoms with van der Waals surface area (Å²) in [5, 5.41) is 9.65. The number of carbonyl (C=O) groups excluding carboxylic acids is 1. The van der Waals surface area contributed by atoms with Crippen LogP contribution in [-0.2, 0) is 14.2 Å². The molecule has 0 bridgehead atoms. The number of amides is 1. The molecule has 9 heteroatoms. The molecule has 3 N–H and O–H groups in total. The first kappa shape index (κ1) is 28.2. The Balaban J connectivity index is 0.00000784. The topological polar surface area (TPSA) is 93.2 Å². The first-order chi connectivity index (χ1) is 13.2. The Morgan fingerprint density at radius 1 is 1.21 bits per heavy atom. The molecule has 29 heavy (non-hydrogen) atoms. The Labute approximate surface area is 193 Å². The van der Waals surface area contributed by atoms with Gasteiger partial charge in [-0.25, -0.2) is 4.79 Å². The minimum Gasteiger partial charge on any atom is -0.444 e. The SMILES string of the molecule is CCC(CC)(CNC(=NC)NCCCOC1CCOC1)NC(=O)OC(C)(C)C.I. The summed E-state index contributed by atoms with van der Waals surface area (Å²) in [6.45, 7) is 13.2. The molecule has 0 aromatic rings. The lowest BCUT2D eigenvalue weighted by molar-refractivity contribution is 0.0419. The van der Waals surface area contributed by atoms with Crippen molar-refractivity contribution in [2.24, 2.45) is 4.99 Å². The third kappa shape index (κ3) is 11.8. The minimum absolute atomic E-state index is 0. The Kier molecular flexibility index (Phi) is 13.8. The van der Waals surface area contributed by atoms with Crippen molar-refractivity contribution < 1.29 is 19.0 Å². The van der Waals surface area contributed by atoms with Gasteiger partial charge in [0, 0.05) is 33.4 Å². The maximum Gasteiger partial charge on any atom is 0.408 e. The smallest absolute Gasteiger partial charge is 0.408 e. The van der Waals surface area contributed by atoms with Crippen molar-refractivity contribution in [3.05, 3.63) is 0 Å². The third-order valence-corrected chi connectivity index (χ3v) is 4.79. The zero-order valence-corrected chi connectivity index (χ0v) is 21.3. The van der Waals surface area contributed by atoms with E-state index in [0.717, 1.165) is 38.8 Å². The van der Waals surface area contributed by atoms with E-state index in [1.54, 1.807) is 7.05 Å². The summed E-state index contributed by atoms with van der Waals surface area (Å²) in [7, 11) is 1.74. The van der Waals surface area contributed by atoms with Crippen molar-refractivity contribution in [1.29, 1.82) is 0 Å². The highest BCUT2D eigenvalue weighted by molar-refractivity contribution is 14.0. The monoisotopic (exact) mass is 528 g/mol. The Morgan fingerprint density at radius 3 is 2.41 bits per heavy atom. The number of ether oxygens (including phenoxy) is 3. The van der Waals surface area contributed by atoms with Crippen LogP contribution in [-0.4, -0.2) is 69.3 Å². The normalized spacial score (nSPS) is 17.4. The van der Waals surface area contributed by atoms with Crippen LogP contribution in [0.1, 0.15) is 60.3 Å². The lowest BCUT2D eigenvalue weighted by Gasteiger charge is -2.34. The molecule has 1 heterocycles. The number of aliphatic imine (C=N–C) groups is 1. The van der Waals surface area contributed by atoms with E-state index in [1.807, 2.05) is 20.8 Å². The van der Waals surface area contributed by atoms with Crippen molar-refractivity contribution in [2.45, 2.75) is 77.5 Å². The van der Waals surface area contributed by atoms with Crippen LogP contribution in [0.15, 0.2) is 4.99 Å². The minimum atomic E-state index is -0.519. The molecule has 1 unspecified atom stereocenters. The van der Waals surface area contributed by atoms with Crippen LogP contribution in [0.3, 0.4) is 0 Å². The molecule has 8 nitrogen and oxygen atoms in total. The summed E-state index contributed by atoms with van der Waals surface area (Å²) in [6.07, 6.45) is 3.28. The Bertz CT molecular complexity index is 487. The molecule has 0 aliphatic carbocycles. The van der Waals surface area contributed by atoms with E-state index >= 15 is 0 Å². The first-order valence-corrected chi connectivity index (χ1v) is 10.4. The van der Waals surface area contributed by atoms with E-state index in [2.05, 4.69) is 34.8 Å². The maximum atomic E-state index is 12.2. The second kappa shape index (κ2) is 14.2. The predicted octanol–water partition coefficient (Wildman–Crippen LogP) is 3.05. The average molecular weight is 528 g/mol. The van der Waals surface area contributed by atoms with E-state index in [9.17, 15) is 4.79 Å². The lowest BCUT2D eigenvalue weighted by Crippen LogP contribution is -2.57. The number of alkyl carbamates (subject to hydrolysis) is 1. The highest BCUT2D eigenvalue weighted by Crippen LogP contribution is 2.16. The van der Waals surface area contributed by atoms with Crippen molar-refractivity contribution >= 4 is 36.0 Å². The molecule has 1 rings (SSSR count). The molecule has 1 aliphatic heterocycles. The fraction of sp³-hybridized carbons (Fsp3) is 0.900. The second-order valence-electron chi connectivity index (χ2n) is 8.18. The molecule has 1 saturated heterocycles. The quantitative estimate of drug-likeness (QED) is 0.175. The number of hydrogen-bond donors (Lipinski definition) is 3. The van der Waals surface area contributed by atoms with Gasteiger partial charge in [0.1, 0.15) is 5.60 Å². The van der Waals surface area contributed by atoms with Gasteiger partial charge in [0.05, 0.1) is 18.2 Å². The molecule has 1 fully saturated rings. The van der Waals surface area contributed by atoms with E-state index < -0.39 is 17.2 Å². The van der Waals surface area contributed by atoms with Crippen molar-refractivity contribution in [1.82, 2.24) is 16.0 Å². The van der Waals surface area contributed by atoms with Gasteiger partial charge in [0.15, 0.2) is 5.96 Å². The number of nitrogens with one attached hydrogen (secondary N) is 3. The molecule has 1 aliphatic rings. The standard InChI is InChI=1S/C20H40N4O4.HI/c1-7-20(8-2,24-18(25)28-19(3,4)5)15-23-17(21-6)22-11-9-12-27-16-10-13-26-14-16;/h16H,7-15H2,1-6H3,(H,24,25)(H2,21,22,23);1H. The van der Waals surface area contributed by atoms with Crippen LogP contribution in [0.25, 0.3) is 0 Å². The predicted molar refractivity (Wildman–Crippen MR) is 127 cm³/mol. The lowest BCUT2D eigenvalue weighted by atomic mass is 9.93. The number of halogens is 1. The summed E-state index contributed by atoms with van der Waals surface area (Å²) in [5.74, 6) is 0.710. The van der Waals surface area contributed by atoms with Crippen molar-refractivity contribution in [2.75, 3.05) is 40.0 Å². The van der Waals surface area contributed by atoms with E-state index in [0.29, 0.717) is 25.7 Å². The highest BCUT2D eigenvalue weighted by Gasteiger charge is 2.30. The van der Waals surface area contributed by atoms with Crippen LogP contribution in [0, 0.1) is 0 Å². The van der Waals surface area contributed by atoms with Crippen molar-refractivity contribution in [3.63, 3.8) is 0 Å². The zero-order chi connectivity index (χ0) is 21.0. The first-order valence-electron chi connectivity index (χ1n) is 10.4. The molecule has 0 aromatic heterocycles. The third-order valence-electron chi connectivity index (χ3n) is 4.79. The molecule has 1 amide bonds. The summed E-state index contributed by atoms with van der Waals surface area (Å²) in [4.78, 5) is 16.5. The summed E-state index contributed by atoms with van der Waals surface area (Å²) < 4.78 is 16.5. The van der Waals surface area contributed by atoms with E-state index in [4.69, 9.17) is 14.2 Å². The molecular formula is C20H41IN4O4. The van der Waals surface area contributed by atoms with Gasteiger partial charge >= 0.3 is 6.09 Å². The van der Waals surface area contributed by atoms with Gasteiger partial charge in [-0.3, -0.25) is 4.99 Å². The van der Waals surface area contributed by atoms with Crippen LogP contribution >= 0.6 is 24.0 Å². The average Bonchev–Trinajstić information content (AvgIpc) is 3.14. The fourth-order valence-electron chi connectivity index (χ4n) is 2.89. The molecule has 0 radical (unpaired) electrons. The number of carbonyl (C=O) groups is 1. The fourth-order valence-corrected chi connectivity index (χ4v) is 2.89. The zero-order valence-electron chi connectivity index (χ0n) is 18.9. The van der Waals surface area contributed by atoms with Crippen molar-refractivity contribution in [3.8, 4) is 0 Å². The molecule has 172 valence electrons. The number of hydrogen-bond acceptors (Lipinski definition) is 5. The van der Waals surface area contributed by atoms with Crippen LogP contribution < -0.4 is 16.0 Å². The van der Waals surface area contributed by atoms with Gasteiger partial charge in [-0.2, -0.15) is 0 Å². The van der Waals surface area contributed by atoms with Crippen LogP contribution in [0.4, 0.5) is 4.79 Å². The molecular weight excluding hydrogens is 487 g/mol. The van der Waals surface area contributed by atoms with Crippen LogP contribution in [0.5, 0.6) is 0 Å². The second-order valence-corrected chi connectivity index (χ2v) is 8.18. The number of rotatable bonds is 10. The molecule has 1 atom stereocenters. The van der Waals surface area contributed by atoms with Gasteiger partial charge in [-0.1, -0.05) is 13.8 Å². The van der Waals surface area contributed by atoms with Gasteiger partial charge in [0.2, 0.25) is 0 Å². The van der Waals surface area contributed by atoms with Crippen LogP contribution in [0.2, 0.25) is 0 Å². The number of nitrogens with zero attached hydrogens (tertiary/aromatic N) is 1. The summed E-state index contributed by atoms with van der Waals surface area (Å²) in [5.41, 5.74) is -0.916. The number of guanidine groups is 1.